The van der Waals surface area contributed by atoms with E-state index in [0.717, 1.165) is 50.7 Å². The molecule has 1 rings (SSSR count). The highest BCUT2D eigenvalue weighted by molar-refractivity contribution is 9.10. The van der Waals surface area contributed by atoms with Gasteiger partial charge in [0, 0.05) is 17.3 Å². The van der Waals surface area contributed by atoms with Gasteiger partial charge in [0.15, 0.2) is 0 Å². The Labute approximate surface area is 167 Å². The molecule has 0 aromatic heterocycles. The molecular weight excluding hydrogens is 422 g/mol. The Morgan fingerprint density at radius 1 is 0.889 bits per heavy atom. The number of rotatable bonds is 13. The second-order valence-electron chi connectivity index (χ2n) is 6.35. The van der Waals surface area contributed by atoms with Crippen LogP contribution in [0.1, 0.15) is 70.3 Å². The Bertz CT molecular complexity index is 585. The first-order valence-electron chi connectivity index (χ1n) is 9.38. The van der Waals surface area contributed by atoms with Crippen molar-refractivity contribution in [1.82, 2.24) is 0 Å². The highest BCUT2D eigenvalue weighted by Crippen LogP contribution is 2.20. The molecule has 0 saturated heterocycles. The quantitative estimate of drug-likeness (QED) is 0.280. The summed E-state index contributed by atoms with van der Waals surface area (Å²) in [5.74, 6) is -2.09. The third-order valence-electron chi connectivity index (χ3n) is 3.96. The SMILES string of the molecule is CCCOC(=O)CCCCCCCCC(=O)OCc1c(F)cc(Br)cc1F. The van der Waals surface area contributed by atoms with Crippen molar-refractivity contribution in [3.05, 3.63) is 33.8 Å². The molecule has 0 atom stereocenters. The van der Waals surface area contributed by atoms with E-state index in [2.05, 4.69) is 15.9 Å². The van der Waals surface area contributed by atoms with Crippen molar-refractivity contribution in [1.29, 1.82) is 0 Å². The van der Waals surface area contributed by atoms with Gasteiger partial charge < -0.3 is 9.47 Å². The van der Waals surface area contributed by atoms with Gasteiger partial charge >= 0.3 is 11.9 Å². The standard InChI is InChI=1S/C20H27BrF2O4/c1-2-11-26-19(24)9-7-5-3-4-6-8-10-20(25)27-14-16-17(22)12-15(21)13-18(16)23/h12-13H,2-11,14H2,1H3. The molecule has 0 radical (unpaired) electrons. The van der Waals surface area contributed by atoms with E-state index >= 15 is 0 Å². The molecule has 0 amide bonds. The van der Waals surface area contributed by atoms with Gasteiger partial charge in [0.05, 0.1) is 12.2 Å². The van der Waals surface area contributed by atoms with Crippen LogP contribution in [0.3, 0.4) is 0 Å². The Kier molecular flexibility index (Phi) is 11.9. The summed E-state index contributed by atoms with van der Waals surface area (Å²) >= 11 is 3.00. The molecule has 0 saturated carbocycles. The van der Waals surface area contributed by atoms with Crippen molar-refractivity contribution >= 4 is 27.9 Å². The van der Waals surface area contributed by atoms with Gasteiger partial charge in [-0.1, -0.05) is 48.5 Å². The van der Waals surface area contributed by atoms with Crippen LogP contribution in [0.15, 0.2) is 16.6 Å². The summed E-state index contributed by atoms with van der Waals surface area (Å²) in [7, 11) is 0. The second kappa shape index (κ2) is 13.6. The van der Waals surface area contributed by atoms with Crippen LogP contribution in [0, 0.1) is 11.6 Å². The van der Waals surface area contributed by atoms with E-state index in [-0.39, 0.29) is 18.0 Å². The molecule has 0 N–H and O–H groups in total. The molecule has 1 aromatic carbocycles. The minimum atomic E-state index is -0.742. The zero-order chi connectivity index (χ0) is 20.1. The summed E-state index contributed by atoms with van der Waals surface area (Å²) < 4.78 is 37.5. The van der Waals surface area contributed by atoms with Crippen LogP contribution in [-0.2, 0) is 25.7 Å². The van der Waals surface area contributed by atoms with Crippen molar-refractivity contribution in [2.45, 2.75) is 71.3 Å². The molecule has 27 heavy (non-hydrogen) atoms. The molecule has 0 spiro atoms. The van der Waals surface area contributed by atoms with Crippen LogP contribution in [-0.4, -0.2) is 18.5 Å². The summed E-state index contributed by atoms with van der Waals surface area (Å²) in [6.07, 6.45) is 6.78. The molecule has 0 fully saturated rings. The molecule has 152 valence electrons. The summed E-state index contributed by atoms with van der Waals surface area (Å²) in [5.41, 5.74) is -0.246. The molecule has 0 unspecified atom stereocenters. The van der Waals surface area contributed by atoms with Crippen LogP contribution >= 0.6 is 15.9 Å². The summed E-state index contributed by atoms with van der Waals surface area (Å²) in [5, 5.41) is 0. The number of carbonyl (C=O) groups is 2. The smallest absolute Gasteiger partial charge is 0.306 e. The van der Waals surface area contributed by atoms with E-state index in [1.165, 1.54) is 0 Å². The van der Waals surface area contributed by atoms with Crippen LogP contribution in [0.5, 0.6) is 0 Å². The molecule has 7 heteroatoms. The Balaban J connectivity index is 2.06. The van der Waals surface area contributed by atoms with E-state index in [1.807, 2.05) is 6.92 Å². The van der Waals surface area contributed by atoms with Gasteiger partial charge in [0.2, 0.25) is 0 Å². The van der Waals surface area contributed by atoms with Gasteiger partial charge in [-0.25, -0.2) is 8.78 Å². The largest absolute Gasteiger partial charge is 0.466 e. The van der Waals surface area contributed by atoms with Crippen LogP contribution in [0.4, 0.5) is 8.78 Å². The normalized spacial score (nSPS) is 10.7. The van der Waals surface area contributed by atoms with E-state index in [1.54, 1.807) is 0 Å². The summed E-state index contributed by atoms with van der Waals surface area (Å²) in [6.45, 7) is 2.04. The highest BCUT2D eigenvalue weighted by atomic mass is 79.9. The van der Waals surface area contributed by atoms with Gasteiger partial charge in [-0.05, 0) is 31.4 Å². The number of carbonyl (C=O) groups excluding carboxylic acids is 2. The third-order valence-corrected chi connectivity index (χ3v) is 4.42. The van der Waals surface area contributed by atoms with Crippen molar-refractivity contribution in [3.63, 3.8) is 0 Å². The number of ether oxygens (including phenoxy) is 2. The first-order chi connectivity index (χ1) is 12.9. The molecule has 1 aromatic rings. The Morgan fingerprint density at radius 2 is 1.37 bits per heavy atom. The number of benzene rings is 1. The average Bonchev–Trinajstić information content (AvgIpc) is 2.61. The lowest BCUT2D eigenvalue weighted by atomic mass is 10.1. The van der Waals surface area contributed by atoms with Crippen molar-refractivity contribution in [3.8, 4) is 0 Å². The van der Waals surface area contributed by atoms with Gasteiger partial charge in [-0.3, -0.25) is 9.59 Å². The number of halogens is 3. The molecule has 0 bridgehead atoms. The van der Waals surface area contributed by atoms with E-state index in [4.69, 9.17) is 9.47 Å². The fraction of sp³-hybridized carbons (Fsp3) is 0.600. The first kappa shape index (κ1) is 23.5. The topological polar surface area (TPSA) is 52.6 Å². The van der Waals surface area contributed by atoms with Gasteiger partial charge in [0.25, 0.3) is 0 Å². The summed E-state index contributed by atoms with van der Waals surface area (Å²) in [4.78, 5) is 23.0. The van der Waals surface area contributed by atoms with Gasteiger partial charge in [0.1, 0.15) is 18.2 Å². The number of hydrogen-bond acceptors (Lipinski definition) is 4. The molecule has 0 aliphatic heterocycles. The van der Waals surface area contributed by atoms with E-state index in [0.29, 0.717) is 23.9 Å². The Morgan fingerprint density at radius 3 is 1.89 bits per heavy atom. The zero-order valence-corrected chi connectivity index (χ0v) is 17.3. The maximum atomic E-state index is 13.6. The van der Waals surface area contributed by atoms with Crippen molar-refractivity contribution in [2.75, 3.05) is 6.61 Å². The van der Waals surface area contributed by atoms with Crippen LogP contribution < -0.4 is 0 Å². The third kappa shape index (κ3) is 10.4. The number of esters is 2. The lowest BCUT2D eigenvalue weighted by molar-refractivity contribution is -0.145. The number of unbranched alkanes of at least 4 members (excludes halogenated alkanes) is 5. The fourth-order valence-corrected chi connectivity index (χ4v) is 2.87. The monoisotopic (exact) mass is 448 g/mol. The number of hydrogen-bond donors (Lipinski definition) is 0. The molecule has 0 aliphatic rings. The second-order valence-corrected chi connectivity index (χ2v) is 7.27. The predicted octanol–water partition coefficient (Wildman–Crippen LogP) is 5.84. The van der Waals surface area contributed by atoms with E-state index < -0.39 is 24.2 Å². The fourth-order valence-electron chi connectivity index (χ4n) is 2.47. The van der Waals surface area contributed by atoms with Crippen LogP contribution in [0.25, 0.3) is 0 Å². The molecule has 0 aliphatic carbocycles. The van der Waals surface area contributed by atoms with Crippen molar-refractivity contribution in [2.24, 2.45) is 0 Å². The maximum Gasteiger partial charge on any atom is 0.306 e. The predicted molar refractivity (Wildman–Crippen MR) is 102 cm³/mol. The molecule has 0 heterocycles. The van der Waals surface area contributed by atoms with Gasteiger partial charge in [-0.2, -0.15) is 0 Å². The minimum absolute atomic E-state index is 0.141. The minimum Gasteiger partial charge on any atom is -0.466 e. The lowest BCUT2D eigenvalue weighted by Gasteiger charge is -2.08. The van der Waals surface area contributed by atoms with Crippen LogP contribution in [0.2, 0.25) is 0 Å². The molecular formula is C20H27BrF2O4. The zero-order valence-electron chi connectivity index (χ0n) is 15.7. The van der Waals surface area contributed by atoms with Gasteiger partial charge in [-0.15, -0.1) is 0 Å². The average molecular weight is 449 g/mol. The molecule has 4 nitrogen and oxygen atoms in total. The van der Waals surface area contributed by atoms with Crippen molar-refractivity contribution < 1.29 is 27.8 Å². The lowest BCUT2D eigenvalue weighted by Crippen LogP contribution is -2.07. The maximum absolute atomic E-state index is 13.6. The Hall–Kier alpha value is -1.50. The summed E-state index contributed by atoms with van der Waals surface area (Å²) in [6, 6.07) is 2.27. The first-order valence-corrected chi connectivity index (χ1v) is 10.2. The van der Waals surface area contributed by atoms with E-state index in [9.17, 15) is 18.4 Å². The highest BCUT2D eigenvalue weighted by Gasteiger charge is 2.13.